The molecule has 0 saturated carbocycles. The highest BCUT2D eigenvalue weighted by molar-refractivity contribution is 7.85. The van der Waals surface area contributed by atoms with E-state index in [4.69, 9.17) is 4.55 Å². The van der Waals surface area contributed by atoms with Crippen LogP contribution in [0.3, 0.4) is 0 Å². The fourth-order valence-electron chi connectivity index (χ4n) is 1.78. The van der Waals surface area contributed by atoms with E-state index in [1.807, 2.05) is 12.1 Å². The number of aliphatic carboxylic acids is 1. The zero-order chi connectivity index (χ0) is 18.1. The first-order valence-electron chi connectivity index (χ1n) is 6.97. The van der Waals surface area contributed by atoms with Crippen LogP contribution < -0.4 is 5.11 Å². The minimum Gasteiger partial charge on any atom is -0.544 e. The number of quaternary nitrogens is 1. The van der Waals surface area contributed by atoms with Gasteiger partial charge in [-0.1, -0.05) is 12.7 Å². The predicted octanol–water partition coefficient (Wildman–Crippen LogP) is 0.204. The molecule has 0 aliphatic carbocycles. The van der Waals surface area contributed by atoms with Crippen LogP contribution in [0.2, 0.25) is 0 Å². The van der Waals surface area contributed by atoms with Gasteiger partial charge < -0.3 is 14.4 Å². The van der Waals surface area contributed by atoms with Crippen molar-refractivity contribution in [2.45, 2.75) is 18.9 Å². The highest BCUT2D eigenvalue weighted by Crippen LogP contribution is 2.10. The van der Waals surface area contributed by atoms with Gasteiger partial charge in [-0.3, -0.25) is 9.54 Å². The standard InChI is InChI=1S/C8H17NO5S.C7H7N/c1-9(2,3)7(8(10)11)5-4-6-15(12,13)14;1-2-7-3-5-8-6-4-7/h7H,4-6H2,1-3H3,(H-,10,11,12,13,14);2-6H,1H2. The Morgan fingerprint density at radius 2 is 1.91 bits per heavy atom. The zero-order valence-corrected chi connectivity index (χ0v) is 14.5. The third-order valence-electron chi connectivity index (χ3n) is 3.03. The molecular formula is C15H24N2O5S. The molecule has 0 bridgehead atoms. The Morgan fingerprint density at radius 3 is 2.22 bits per heavy atom. The van der Waals surface area contributed by atoms with Gasteiger partial charge in [0, 0.05) is 18.8 Å². The number of aromatic nitrogens is 1. The maximum atomic E-state index is 10.8. The minimum atomic E-state index is -4.01. The molecular weight excluding hydrogens is 320 g/mol. The Kier molecular flexibility index (Phi) is 8.66. The van der Waals surface area contributed by atoms with Crippen molar-refractivity contribution in [1.82, 2.24) is 4.98 Å². The quantitative estimate of drug-likeness (QED) is 0.559. The average molecular weight is 344 g/mol. The number of pyridine rings is 1. The molecule has 1 N–H and O–H groups in total. The highest BCUT2D eigenvalue weighted by Gasteiger charge is 2.25. The van der Waals surface area contributed by atoms with Crippen molar-refractivity contribution in [3.8, 4) is 0 Å². The van der Waals surface area contributed by atoms with Gasteiger partial charge in [-0.2, -0.15) is 8.42 Å². The summed E-state index contributed by atoms with van der Waals surface area (Å²) in [6.45, 7) is 3.60. The number of likely N-dealkylation sites (N-methyl/N-ethyl adjacent to an activating group) is 1. The first-order valence-corrected chi connectivity index (χ1v) is 8.58. The van der Waals surface area contributed by atoms with Crippen LogP contribution in [0.15, 0.2) is 31.1 Å². The molecule has 0 aliphatic heterocycles. The second kappa shape index (κ2) is 9.39. The monoisotopic (exact) mass is 344 g/mol. The number of rotatable bonds is 7. The van der Waals surface area contributed by atoms with Gasteiger partial charge in [-0.25, -0.2) is 0 Å². The Balaban J connectivity index is 0.000000502. The van der Waals surface area contributed by atoms with Crippen molar-refractivity contribution in [2.24, 2.45) is 0 Å². The predicted molar refractivity (Wildman–Crippen MR) is 86.8 cm³/mol. The summed E-state index contributed by atoms with van der Waals surface area (Å²) in [7, 11) is 1.05. The summed E-state index contributed by atoms with van der Waals surface area (Å²) >= 11 is 0. The van der Waals surface area contributed by atoms with Crippen molar-refractivity contribution in [3.05, 3.63) is 36.7 Å². The van der Waals surface area contributed by atoms with Gasteiger partial charge >= 0.3 is 0 Å². The van der Waals surface area contributed by atoms with Crippen molar-refractivity contribution in [3.63, 3.8) is 0 Å². The molecule has 0 aliphatic rings. The lowest BCUT2D eigenvalue weighted by Crippen LogP contribution is -2.54. The van der Waals surface area contributed by atoms with Crippen LogP contribution in [0.5, 0.6) is 0 Å². The van der Waals surface area contributed by atoms with E-state index in [2.05, 4.69) is 11.6 Å². The summed E-state index contributed by atoms with van der Waals surface area (Å²) in [5, 5.41) is 10.8. The van der Waals surface area contributed by atoms with Crippen LogP contribution in [-0.2, 0) is 14.9 Å². The molecule has 0 saturated heterocycles. The second-order valence-corrected chi connectivity index (χ2v) is 7.44. The maximum absolute atomic E-state index is 10.8. The molecule has 7 nitrogen and oxygen atoms in total. The van der Waals surface area contributed by atoms with Crippen molar-refractivity contribution in [2.75, 3.05) is 26.9 Å². The number of carbonyl (C=O) groups excluding carboxylic acids is 1. The van der Waals surface area contributed by atoms with Crippen LogP contribution in [0.4, 0.5) is 0 Å². The lowest BCUT2D eigenvalue weighted by molar-refractivity contribution is -0.889. The van der Waals surface area contributed by atoms with Gasteiger partial charge in [0.15, 0.2) is 0 Å². The van der Waals surface area contributed by atoms with Crippen molar-refractivity contribution < 1.29 is 27.4 Å². The average Bonchev–Trinajstić information content (AvgIpc) is 2.42. The first kappa shape index (κ1) is 21.2. The number of nitrogens with zero attached hydrogens (tertiary/aromatic N) is 2. The summed E-state index contributed by atoms with van der Waals surface area (Å²) in [4.78, 5) is 14.6. The number of carboxylic acids is 1. The summed E-state index contributed by atoms with van der Waals surface area (Å²) < 4.78 is 29.5. The molecule has 1 atom stereocenters. The third-order valence-corrected chi connectivity index (χ3v) is 3.83. The Morgan fingerprint density at radius 1 is 1.39 bits per heavy atom. The van der Waals surface area contributed by atoms with Gasteiger partial charge in [0.1, 0.15) is 6.04 Å². The van der Waals surface area contributed by atoms with Crippen LogP contribution in [-0.4, -0.2) is 61.3 Å². The van der Waals surface area contributed by atoms with Crippen LogP contribution >= 0.6 is 0 Å². The van der Waals surface area contributed by atoms with E-state index in [9.17, 15) is 18.3 Å². The van der Waals surface area contributed by atoms with E-state index >= 15 is 0 Å². The van der Waals surface area contributed by atoms with Gasteiger partial charge in [0.25, 0.3) is 10.1 Å². The maximum Gasteiger partial charge on any atom is 0.264 e. The van der Waals surface area contributed by atoms with Gasteiger partial charge in [0.2, 0.25) is 0 Å². The Hall–Kier alpha value is -1.77. The number of carbonyl (C=O) groups is 1. The molecule has 23 heavy (non-hydrogen) atoms. The molecule has 1 aromatic rings. The molecule has 1 rings (SSSR count). The largest absolute Gasteiger partial charge is 0.544 e. The first-order chi connectivity index (χ1) is 10.5. The van der Waals surface area contributed by atoms with E-state index < -0.39 is 27.9 Å². The minimum absolute atomic E-state index is 0.104. The molecule has 8 heteroatoms. The third kappa shape index (κ3) is 10.6. The second-order valence-electron chi connectivity index (χ2n) is 5.86. The smallest absolute Gasteiger partial charge is 0.264 e. The summed E-state index contributed by atoms with van der Waals surface area (Å²) in [5.41, 5.74) is 1.11. The molecule has 1 unspecified atom stereocenters. The zero-order valence-electron chi connectivity index (χ0n) is 13.7. The van der Waals surface area contributed by atoms with Crippen LogP contribution in [0, 0.1) is 0 Å². The van der Waals surface area contributed by atoms with E-state index in [0.717, 1.165) is 5.56 Å². The molecule has 130 valence electrons. The van der Waals surface area contributed by atoms with E-state index in [1.165, 1.54) is 0 Å². The number of hydrogen-bond acceptors (Lipinski definition) is 5. The van der Waals surface area contributed by atoms with Gasteiger partial charge in [-0.05, 0) is 24.1 Å². The van der Waals surface area contributed by atoms with E-state index in [0.29, 0.717) is 0 Å². The molecule has 0 spiro atoms. The van der Waals surface area contributed by atoms with Gasteiger partial charge in [-0.15, -0.1) is 0 Å². The molecule has 0 amide bonds. The van der Waals surface area contributed by atoms with Crippen molar-refractivity contribution in [1.29, 1.82) is 0 Å². The molecule has 0 aromatic carbocycles. The lowest BCUT2D eigenvalue weighted by Gasteiger charge is -2.34. The molecule has 1 heterocycles. The van der Waals surface area contributed by atoms with Gasteiger partial charge in [0.05, 0.1) is 32.9 Å². The highest BCUT2D eigenvalue weighted by atomic mass is 32.2. The summed E-state index contributed by atoms with van der Waals surface area (Å²) in [6, 6.07) is 3.05. The molecule has 0 fully saturated rings. The van der Waals surface area contributed by atoms with E-state index in [1.54, 1.807) is 39.6 Å². The number of carboxylic acid groups (broad SMARTS) is 1. The molecule has 1 aromatic heterocycles. The molecule has 0 radical (unpaired) electrons. The normalized spacial score (nSPS) is 12.7. The van der Waals surface area contributed by atoms with Crippen LogP contribution in [0.1, 0.15) is 18.4 Å². The SMILES string of the molecule is C=Cc1ccncc1.C[N+](C)(C)C(CCCS(=O)(=O)O)C(=O)[O-]. The topological polar surface area (TPSA) is 107 Å². The fraction of sp³-hybridized carbons (Fsp3) is 0.467. The lowest BCUT2D eigenvalue weighted by atomic mass is 10.1. The van der Waals surface area contributed by atoms with E-state index in [-0.39, 0.29) is 17.3 Å². The van der Waals surface area contributed by atoms with Crippen molar-refractivity contribution >= 4 is 22.2 Å². The number of hydrogen-bond donors (Lipinski definition) is 1. The summed E-state index contributed by atoms with van der Waals surface area (Å²) in [6.07, 6.45) is 5.55. The summed E-state index contributed by atoms with van der Waals surface area (Å²) in [5.74, 6) is -1.63. The van der Waals surface area contributed by atoms with Crippen LogP contribution in [0.25, 0.3) is 6.08 Å². The fourth-order valence-corrected chi connectivity index (χ4v) is 2.31. The Labute approximate surface area is 137 Å². The Bertz CT molecular complexity index is 594.